The van der Waals surface area contributed by atoms with E-state index in [9.17, 15) is 23.1 Å². The molecule has 0 saturated carbocycles. The number of likely N-dealkylation sites (N-methyl/N-ethyl adjacent to an activating group) is 1. The molecule has 1 fully saturated rings. The monoisotopic (exact) mass is 568 g/mol. The van der Waals surface area contributed by atoms with Gasteiger partial charge in [0, 0.05) is 29.6 Å². The molecule has 0 radical (unpaired) electrons. The Labute approximate surface area is 233 Å². The second kappa shape index (κ2) is 12.1. The predicted molar refractivity (Wildman–Crippen MR) is 145 cm³/mol. The molecule has 1 unspecified atom stereocenters. The Balaban J connectivity index is 1.93. The van der Waals surface area contributed by atoms with Crippen molar-refractivity contribution in [2.45, 2.75) is 76.9 Å². The molecule has 4 rings (SSSR count). The summed E-state index contributed by atoms with van der Waals surface area (Å²) in [6.07, 6.45) is 1.92. The Morgan fingerprint density at radius 2 is 2.05 bits per heavy atom. The van der Waals surface area contributed by atoms with Gasteiger partial charge in [-0.05, 0) is 51.4 Å². The first kappa shape index (κ1) is 26.4. The summed E-state index contributed by atoms with van der Waals surface area (Å²) in [5.74, 6) is -0.668. The lowest BCUT2D eigenvalue weighted by Gasteiger charge is -2.21. The summed E-state index contributed by atoms with van der Waals surface area (Å²) in [7, 11) is 1.80. The molecule has 2 aromatic heterocycles. The van der Waals surface area contributed by atoms with Crippen LogP contribution >= 0.6 is 11.6 Å². The number of nitrogens with zero attached hydrogens (tertiary/aromatic N) is 4. The minimum absolute atomic E-state index is 0.120. The van der Waals surface area contributed by atoms with Gasteiger partial charge in [0.25, 0.3) is 5.56 Å². The number of phenolic OH excluding ortho intramolecular Hbond substituents is 1. The van der Waals surface area contributed by atoms with Crippen LogP contribution in [0.2, 0.25) is 5.02 Å². The van der Waals surface area contributed by atoms with Crippen LogP contribution in [0.25, 0.3) is 16.6 Å². The zero-order chi connectivity index (χ0) is 30.1. The Bertz CT molecular complexity index is 1470. The van der Waals surface area contributed by atoms with Crippen LogP contribution in [0, 0.1) is 0 Å². The first-order valence-electron chi connectivity index (χ1n) is 14.2. The van der Waals surface area contributed by atoms with Gasteiger partial charge in [0.1, 0.15) is 17.8 Å². The van der Waals surface area contributed by atoms with E-state index < -0.39 is 46.4 Å². The number of alkyl halides is 3. The smallest absolute Gasteiger partial charge is 0.419 e. The maximum Gasteiger partial charge on any atom is 0.419 e. The molecule has 0 amide bonds. The van der Waals surface area contributed by atoms with Crippen molar-refractivity contribution in [1.82, 2.24) is 19.4 Å². The van der Waals surface area contributed by atoms with E-state index >= 15 is 0 Å². The van der Waals surface area contributed by atoms with Gasteiger partial charge in [-0.25, -0.2) is 0 Å². The predicted octanol–water partition coefficient (Wildman–Crippen LogP) is 6.71. The van der Waals surface area contributed by atoms with Crippen LogP contribution in [-0.4, -0.2) is 50.7 Å². The summed E-state index contributed by atoms with van der Waals surface area (Å²) in [5, 5.41) is 9.63. The zero-order valence-corrected chi connectivity index (χ0v) is 22.9. The number of hydrogen-bond acceptors (Lipinski definition) is 6. The van der Waals surface area contributed by atoms with Crippen molar-refractivity contribution < 1.29 is 25.8 Å². The van der Waals surface area contributed by atoms with Gasteiger partial charge in [-0.2, -0.15) is 23.1 Å². The molecule has 7 nitrogen and oxygen atoms in total. The molecule has 1 N–H and O–H groups in total. The Morgan fingerprint density at radius 1 is 1.28 bits per heavy atom. The standard InChI is InChI=1S/C28H34ClF3N4O3/c1-4-6-7-9-17(5-2)24-20-11-13-36(22-15-19(37)14-21(29)23(22)28(30,31)32)26(38)25(20)34-27(33-24)39-16-18-10-8-12-35(18)3/h11,13-15,17-18,37H,4-10,12,16H2,1-3H3/t17?,18-/m0/s1/i16D2. The molecule has 0 bridgehead atoms. The van der Waals surface area contributed by atoms with Gasteiger partial charge in [-0.15, -0.1) is 0 Å². The van der Waals surface area contributed by atoms with E-state index in [0.717, 1.165) is 48.8 Å². The number of phenols is 1. The SMILES string of the molecule is [2H]C([2H])(Oc1nc(C(CC)CCCCC)c2ccn(-c3cc(O)cc(Cl)c3C(F)(F)F)c(=O)c2n1)[C@@H]1CCCN1C. The lowest BCUT2D eigenvalue weighted by molar-refractivity contribution is -0.137. The molecular formula is C28H34ClF3N4O3. The number of ether oxygens (including phenoxy) is 1. The highest BCUT2D eigenvalue weighted by Crippen LogP contribution is 2.41. The van der Waals surface area contributed by atoms with Crippen LogP contribution in [0.4, 0.5) is 13.2 Å². The minimum Gasteiger partial charge on any atom is -0.508 e. The van der Waals surface area contributed by atoms with Crippen molar-refractivity contribution in [3.63, 3.8) is 0 Å². The van der Waals surface area contributed by atoms with E-state index in [1.54, 1.807) is 7.05 Å². The van der Waals surface area contributed by atoms with Gasteiger partial charge < -0.3 is 14.7 Å². The Morgan fingerprint density at radius 3 is 2.69 bits per heavy atom. The number of aromatic nitrogens is 3. The lowest BCUT2D eigenvalue weighted by Crippen LogP contribution is -2.31. The van der Waals surface area contributed by atoms with Gasteiger partial charge in [0.2, 0.25) is 0 Å². The molecule has 3 aromatic rings. The topological polar surface area (TPSA) is 80.5 Å². The fourth-order valence-electron chi connectivity index (χ4n) is 5.07. The summed E-state index contributed by atoms with van der Waals surface area (Å²) in [6, 6.07) is 2.13. The maximum absolute atomic E-state index is 14.0. The molecule has 39 heavy (non-hydrogen) atoms. The summed E-state index contributed by atoms with van der Waals surface area (Å²) < 4.78 is 65.6. The number of unbranched alkanes of at least 4 members (excludes halogenated alkanes) is 2. The maximum atomic E-state index is 14.0. The molecule has 3 heterocycles. The number of pyridine rings is 1. The molecule has 0 spiro atoms. The molecule has 0 aliphatic carbocycles. The van der Waals surface area contributed by atoms with Crippen molar-refractivity contribution in [2.75, 3.05) is 20.2 Å². The molecule has 11 heteroatoms. The van der Waals surface area contributed by atoms with Crippen molar-refractivity contribution in [3.05, 3.63) is 51.0 Å². The Hall–Kier alpha value is -2.85. The zero-order valence-electron chi connectivity index (χ0n) is 24.2. The number of benzene rings is 1. The number of halogens is 4. The van der Waals surface area contributed by atoms with Gasteiger partial charge in [-0.3, -0.25) is 9.36 Å². The van der Waals surface area contributed by atoms with Gasteiger partial charge in [0.05, 0.1) is 24.7 Å². The largest absolute Gasteiger partial charge is 0.508 e. The van der Waals surface area contributed by atoms with E-state index in [-0.39, 0.29) is 17.4 Å². The average Bonchev–Trinajstić information content (AvgIpc) is 3.32. The van der Waals surface area contributed by atoms with E-state index in [2.05, 4.69) is 16.9 Å². The molecule has 1 aromatic carbocycles. The molecule has 1 aliphatic heterocycles. The van der Waals surface area contributed by atoms with Crippen LogP contribution in [0.1, 0.15) is 78.7 Å². The van der Waals surface area contributed by atoms with E-state index in [4.69, 9.17) is 19.1 Å². The Kier molecular flexibility index (Phi) is 8.20. The van der Waals surface area contributed by atoms with Gasteiger partial charge in [-0.1, -0.05) is 44.7 Å². The normalized spacial score (nSPS) is 18.3. The third-order valence-electron chi connectivity index (χ3n) is 7.21. The third-order valence-corrected chi connectivity index (χ3v) is 7.50. The van der Waals surface area contributed by atoms with E-state index in [1.165, 1.54) is 12.3 Å². The highest BCUT2D eigenvalue weighted by molar-refractivity contribution is 6.31. The number of hydrogen-bond donors (Lipinski definition) is 1. The second-order valence-corrected chi connectivity index (χ2v) is 10.3. The number of likely N-dealkylation sites (tertiary alicyclic amines) is 1. The first-order valence-corrected chi connectivity index (χ1v) is 13.6. The molecule has 212 valence electrons. The van der Waals surface area contributed by atoms with E-state index in [1.807, 2.05) is 11.8 Å². The fourth-order valence-corrected chi connectivity index (χ4v) is 5.39. The molecule has 1 aliphatic rings. The second-order valence-electron chi connectivity index (χ2n) is 9.92. The number of aromatic hydroxyl groups is 1. The third kappa shape index (κ3) is 6.32. The highest BCUT2D eigenvalue weighted by atomic mass is 35.5. The molecule has 1 saturated heterocycles. The fraction of sp³-hybridized carbons (Fsp3) is 0.536. The van der Waals surface area contributed by atoms with Gasteiger partial charge >= 0.3 is 12.2 Å². The molecular weight excluding hydrogens is 533 g/mol. The van der Waals surface area contributed by atoms with Crippen LogP contribution in [-0.2, 0) is 6.18 Å². The van der Waals surface area contributed by atoms with Gasteiger partial charge in [0.15, 0.2) is 0 Å². The minimum atomic E-state index is -4.92. The van der Waals surface area contributed by atoms with Crippen molar-refractivity contribution in [1.29, 1.82) is 0 Å². The summed E-state index contributed by atoms with van der Waals surface area (Å²) >= 11 is 5.87. The van der Waals surface area contributed by atoms with Crippen LogP contribution in [0.3, 0.4) is 0 Å². The number of fused-ring (bicyclic) bond motifs is 1. The lowest BCUT2D eigenvalue weighted by atomic mass is 9.93. The van der Waals surface area contributed by atoms with Crippen molar-refractivity contribution in [3.8, 4) is 17.4 Å². The van der Waals surface area contributed by atoms with Crippen LogP contribution < -0.4 is 10.3 Å². The highest BCUT2D eigenvalue weighted by Gasteiger charge is 2.37. The summed E-state index contributed by atoms with van der Waals surface area (Å²) in [5.41, 5.74) is -2.59. The van der Waals surface area contributed by atoms with Crippen LogP contribution in [0.15, 0.2) is 29.2 Å². The average molecular weight is 569 g/mol. The van der Waals surface area contributed by atoms with E-state index in [0.29, 0.717) is 30.5 Å². The van der Waals surface area contributed by atoms with Crippen molar-refractivity contribution in [2.24, 2.45) is 0 Å². The first-order chi connectivity index (χ1) is 19.3. The van der Waals surface area contributed by atoms with Crippen LogP contribution in [0.5, 0.6) is 11.8 Å². The summed E-state index contributed by atoms with van der Waals surface area (Å²) in [4.78, 5) is 24.5. The molecule has 2 atom stereocenters. The number of rotatable bonds is 10. The quantitative estimate of drug-likeness (QED) is 0.274. The summed E-state index contributed by atoms with van der Waals surface area (Å²) in [6.45, 7) is 2.57. The van der Waals surface area contributed by atoms with Crippen molar-refractivity contribution >= 4 is 22.5 Å².